The molecule has 0 aliphatic rings. The quantitative estimate of drug-likeness (QED) is 0.819. The number of hydrogen-bond donors (Lipinski definition) is 2. The minimum Gasteiger partial charge on any atom is -0.480 e. The Morgan fingerprint density at radius 3 is 2.28 bits per heavy atom. The summed E-state index contributed by atoms with van der Waals surface area (Å²) in [6, 6.07) is 5.75. The first-order valence-corrected chi connectivity index (χ1v) is 6.13. The summed E-state index contributed by atoms with van der Waals surface area (Å²) in [6.45, 7) is 6.28. The van der Waals surface area contributed by atoms with Crippen LogP contribution < -0.4 is 5.32 Å². The van der Waals surface area contributed by atoms with Gasteiger partial charge in [-0.3, -0.25) is 4.79 Å². The molecule has 0 heterocycles. The SMILES string of the molecule is CC(CN[C@H](C(=O)O)C(C)C)c1ccc(F)cc1. The van der Waals surface area contributed by atoms with Gasteiger partial charge in [0.15, 0.2) is 0 Å². The molecule has 2 N–H and O–H groups in total. The van der Waals surface area contributed by atoms with Gasteiger partial charge < -0.3 is 10.4 Å². The molecule has 1 aromatic rings. The maximum absolute atomic E-state index is 12.8. The molecule has 0 saturated carbocycles. The Morgan fingerprint density at radius 2 is 1.83 bits per heavy atom. The predicted octanol–water partition coefficient (Wildman–Crippen LogP) is 2.63. The van der Waals surface area contributed by atoms with E-state index in [9.17, 15) is 9.18 Å². The van der Waals surface area contributed by atoms with Crippen molar-refractivity contribution in [2.45, 2.75) is 32.7 Å². The third-order valence-corrected chi connectivity index (χ3v) is 3.02. The van der Waals surface area contributed by atoms with E-state index in [-0.39, 0.29) is 17.7 Å². The largest absolute Gasteiger partial charge is 0.480 e. The number of rotatable bonds is 6. The highest BCUT2D eigenvalue weighted by atomic mass is 19.1. The lowest BCUT2D eigenvalue weighted by atomic mass is 9.99. The van der Waals surface area contributed by atoms with E-state index in [1.807, 2.05) is 20.8 Å². The predicted molar refractivity (Wildman–Crippen MR) is 69.1 cm³/mol. The average Bonchev–Trinajstić information content (AvgIpc) is 2.28. The van der Waals surface area contributed by atoms with Gasteiger partial charge in [-0.15, -0.1) is 0 Å². The van der Waals surface area contributed by atoms with Crippen molar-refractivity contribution in [3.8, 4) is 0 Å². The molecule has 0 bridgehead atoms. The maximum Gasteiger partial charge on any atom is 0.320 e. The van der Waals surface area contributed by atoms with Crippen LogP contribution in [0.2, 0.25) is 0 Å². The monoisotopic (exact) mass is 253 g/mol. The van der Waals surface area contributed by atoms with Crippen LogP contribution in [0.4, 0.5) is 4.39 Å². The number of benzene rings is 1. The summed E-state index contributed by atoms with van der Waals surface area (Å²) < 4.78 is 12.8. The van der Waals surface area contributed by atoms with Crippen LogP contribution in [0.25, 0.3) is 0 Å². The van der Waals surface area contributed by atoms with Crippen molar-refractivity contribution in [2.24, 2.45) is 5.92 Å². The highest BCUT2D eigenvalue weighted by Gasteiger charge is 2.21. The van der Waals surface area contributed by atoms with Crippen LogP contribution in [0, 0.1) is 11.7 Å². The van der Waals surface area contributed by atoms with Crippen LogP contribution in [0.3, 0.4) is 0 Å². The summed E-state index contributed by atoms with van der Waals surface area (Å²) in [4.78, 5) is 11.0. The van der Waals surface area contributed by atoms with Crippen molar-refractivity contribution >= 4 is 5.97 Å². The second-order valence-corrected chi connectivity index (χ2v) is 4.92. The molecule has 1 unspecified atom stereocenters. The number of hydrogen-bond acceptors (Lipinski definition) is 2. The van der Waals surface area contributed by atoms with Crippen molar-refractivity contribution in [1.29, 1.82) is 0 Å². The Hall–Kier alpha value is -1.42. The summed E-state index contributed by atoms with van der Waals surface area (Å²) >= 11 is 0. The van der Waals surface area contributed by atoms with Gasteiger partial charge in [0.05, 0.1) is 0 Å². The molecule has 2 atom stereocenters. The van der Waals surface area contributed by atoms with Gasteiger partial charge in [-0.05, 0) is 29.5 Å². The molecule has 1 aromatic carbocycles. The molecule has 18 heavy (non-hydrogen) atoms. The average molecular weight is 253 g/mol. The lowest BCUT2D eigenvalue weighted by Gasteiger charge is -2.21. The van der Waals surface area contributed by atoms with E-state index >= 15 is 0 Å². The van der Waals surface area contributed by atoms with Crippen molar-refractivity contribution in [2.75, 3.05) is 6.54 Å². The van der Waals surface area contributed by atoms with E-state index in [1.54, 1.807) is 12.1 Å². The lowest BCUT2D eigenvalue weighted by Crippen LogP contribution is -2.42. The fraction of sp³-hybridized carbons (Fsp3) is 0.500. The number of carboxylic acid groups (broad SMARTS) is 1. The zero-order chi connectivity index (χ0) is 13.7. The van der Waals surface area contributed by atoms with E-state index in [0.717, 1.165) is 5.56 Å². The standard InChI is InChI=1S/C14H20FNO2/c1-9(2)13(14(17)18)16-8-10(3)11-4-6-12(15)7-5-11/h4-7,9-10,13,16H,8H2,1-3H3,(H,17,18)/t10?,13-/m0/s1. The van der Waals surface area contributed by atoms with Gasteiger partial charge >= 0.3 is 5.97 Å². The van der Waals surface area contributed by atoms with Crippen molar-refractivity contribution < 1.29 is 14.3 Å². The third kappa shape index (κ3) is 4.11. The van der Waals surface area contributed by atoms with Gasteiger partial charge in [0.25, 0.3) is 0 Å². The van der Waals surface area contributed by atoms with Crippen molar-refractivity contribution in [1.82, 2.24) is 5.32 Å². The smallest absolute Gasteiger partial charge is 0.320 e. The van der Waals surface area contributed by atoms with E-state index in [0.29, 0.717) is 6.54 Å². The van der Waals surface area contributed by atoms with Gasteiger partial charge in [0.2, 0.25) is 0 Å². The molecule has 0 radical (unpaired) electrons. The molecule has 0 amide bonds. The van der Waals surface area contributed by atoms with Crippen molar-refractivity contribution in [3.63, 3.8) is 0 Å². The minimum atomic E-state index is -0.837. The summed E-state index contributed by atoms with van der Waals surface area (Å²) in [6.07, 6.45) is 0. The van der Waals surface area contributed by atoms with Crippen molar-refractivity contribution in [3.05, 3.63) is 35.6 Å². The normalized spacial score (nSPS) is 14.5. The Morgan fingerprint density at radius 1 is 1.28 bits per heavy atom. The van der Waals surface area contributed by atoms with Crippen LogP contribution >= 0.6 is 0 Å². The Bertz CT molecular complexity index is 389. The molecular weight excluding hydrogens is 233 g/mol. The first-order valence-electron chi connectivity index (χ1n) is 6.13. The first-order chi connectivity index (χ1) is 8.41. The molecule has 100 valence electrons. The highest BCUT2D eigenvalue weighted by Crippen LogP contribution is 2.15. The van der Waals surface area contributed by atoms with E-state index in [4.69, 9.17) is 5.11 Å². The van der Waals surface area contributed by atoms with Gasteiger partial charge in [0, 0.05) is 6.54 Å². The van der Waals surface area contributed by atoms with Crippen LogP contribution in [-0.2, 0) is 4.79 Å². The van der Waals surface area contributed by atoms with E-state index in [1.165, 1.54) is 12.1 Å². The lowest BCUT2D eigenvalue weighted by molar-refractivity contribution is -0.140. The summed E-state index contributed by atoms with van der Waals surface area (Å²) in [5.74, 6) is -0.921. The molecular formula is C14H20FNO2. The Kier molecular flexibility index (Phi) is 5.28. The van der Waals surface area contributed by atoms with Gasteiger partial charge in [-0.2, -0.15) is 0 Å². The molecule has 3 nitrogen and oxygen atoms in total. The Labute approximate surface area is 107 Å². The number of halogens is 1. The second-order valence-electron chi connectivity index (χ2n) is 4.92. The van der Waals surface area contributed by atoms with Crippen LogP contribution in [0.15, 0.2) is 24.3 Å². The van der Waals surface area contributed by atoms with Crippen LogP contribution in [0.1, 0.15) is 32.3 Å². The number of nitrogens with one attached hydrogen (secondary N) is 1. The number of carbonyl (C=O) groups is 1. The van der Waals surface area contributed by atoms with E-state index < -0.39 is 12.0 Å². The summed E-state index contributed by atoms with van der Waals surface area (Å²) in [7, 11) is 0. The van der Waals surface area contributed by atoms with E-state index in [2.05, 4.69) is 5.32 Å². The van der Waals surface area contributed by atoms with Gasteiger partial charge in [-0.25, -0.2) is 4.39 Å². The Balaban J connectivity index is 2.57. The van der Waals surface area contributed by atoms with Crippen LogP contribution in [0.5, 0.6) is 0 Å². The molecule has 0 aliphatic carbocycles. The molecule has 0 aromatic heterocycles. The number of aliphatic carboxylic acids is 1. The third-order valence-electron chi connectivity index (χ3n) is 3.02. The zero-order valence-electron chi connectivity index (χ0n) is 11.0. The summed E-state index contributed by atoms with van der Waals surface area (Å²) in [5, 5.41) is 12.1. The van der Waals surface area contributed by atoms with Gasteiger partial charge in [-0.1, -0.05) is 32.9 Å². The molecule has 1 rings (SSSR count). The first kappa shape index (κ1) is 14.6. The van der Waals surface area contributed by atoms with Crippen LogP contribution in [-0.4, -0.2) is 23.7 Å². The summed E-state index contributed by atoms with van der Waals surface area (Å²) in [5.41, 5.74) is 0.997. The second kappa shape index (κ2) is 6.50. The molecule has 0 saturated heterocycles. The van der Waals surface area contributed by atoms with Gasteiger partial charge in [0.1, 0.15) is 11.9 Å². The molecule has 0 fully saturated rings. The molecule has 0 spiro atoms. The minimum absolute atomic E-state index is 0.0305. The molecule has 4 heteroatoms. The fourth-order valence-corrected chi connectivity index (χ4v) is 1.82. The fourth-order valence-electron chi connectivity index (χ4n) is 1.82. The highest BCUT2D eigenvalue weighted by molar-refractivity contribution is 5.73. The topological polar surface area (TPSA) is 49.3 Å². The maximum atomic E-state index is 12.8. The zero-order valence-corrected chi connectivity index (χ0v) is 11.0. The number of carboxylic acids is 1. The molecule has 0 aliphatic heterocycles.